The van der Waals surface area contributed by atoms with Gasteiger partial charge in [-0.05, 0) is 5.92 Å². The molecule has 0 fully saturated rings. The molecule has 0 aliphatic rings. The molecule has 1 aromatic rings. The van der Waals surface area contributed by atoms with Crippen molar-refractivity contribution in [3.63, 3.8) is 0 Å². The van der Waals surface area contributed by atoms with E-state index in [1.54, 1.807) is 12.1 Å². The first kappa shape index (κ1) is 14.4. The van der Waals surface area contributed by atoms with Crippen molar-refractivity contribution in [2.45, 2.75) is 33.1 Å². The zero-order valence-electron chi connectivity index (χ0n) is 11.0. The van der Waals surface area contributed by atoms with E-state index in [1.165, 1.54) is 0 Å². The molecule has 0 amide bonds. The van der Waals surface area contributed by atoms with E-state index in [0.717, 1.165) is 6.42 Å². The van der Waals surface area contributed by atoms with E-state index in [4.69, 9.17) is 4.74 Å². The van der Waals surface area contributed by atoms with Crippen LogP contribution >= 0.6 is 0 Å². The molecule has 0 radical (unpaired) electrons. The molecule has 0 N–H and O–H groups in total. The fourth-order valence-corrected chi connectivity index (χ4v) is 1.41. The van der Waals surface area contributed by atoms with Crippen molar-refractivity contribution in [1.29, 1.82) is 0 Å². The first-order valence-electron chi connectivity index (χ1n) is 6.37. The summed E-state index contributed by atoms with van der Waals surface area (Å²) in [5.74, 6) is 0.0643. The molecular formula is C15H20O3. The summed E-state index contributed by atoms with van der Waals surface area (Å²) in [4.78, 5) is 23.2. The number of hydrogen-bond acceptors (Lipinski definition) is 3. The molecule has 18 heavy (non-hydrogen) atoms. The Kier molecular flexibility index (Phi) is 6.12. The van der Waals surface area contributed by atoms with Crippen LogP contribution in [-0.4, -0.2) is 18.4 Å². The van der Waals surface area contributed by atoms with Crippen molar-refractivity contribution in [1.82, 2.24) is 0 Å². The van der Waals surface area contributed by atoms with Crippen LogP contribution in [0.3, 0.4) is 0 Å². The van der Waals surface area contributed by atoms with E-state index in [9.17, 15) is 9.59 Å². The Morgan fingerprint density at radius 3 is 2.44 bits per heavy atom. The highest BCUT2D eigenvalue weighted by molar-refractivity contribution is 5.97. The third kappa shape index (κ3) is 5.13. The number of rotatable bonds is 7. The summed E-state index contributed by atoms with van der Waals surface area (Å²) in [6.45, 7) is 4.52. The summed E-state index contributed by atoms with van der Waals surface area (Å²) in [5.41, 5.74) is 0.646. The maximum Gasteiger partial charge on any atom is 0.306 e. The lowest BCUT2D eigenvalue weighted by molar-refractivity contribution is -0.144. The van der Waals surface area contributed by atoms with Crippen LogP contribution in [0.4, 0.5) is 0 Å². The number of benzene rings is 1. The topological polar surface area (TPSA) is 43.4 Å². The number of esters is 1. The Labute approximate surface area is 108 Å². The number of ether oxygens (including phenoxy) is 1. The zero-order chi connectivity index (χ0) is 13.4. The van der Waals surface area contributed by atoms with Gasteiger partial charge in [-0.2, -0.15) is 0 Å². The summed E-state index contributed by atoms with van der Waals surface area (Å²) in [6, 6.07) is 9.00. The molecule has 0 saturated heterocycles. The summed E-state index contributed by atoms with van der Waals surface area (Å²) >= 11 is 0. The molecule has 98 valence electrons. The molecule has 0 spiro atoms. The molecule has 3 nitrogen and oxygen atoms in total. The van der Waals surface area contributed by atoms with Gasteiger partial charge in [0, 0.05) is 12.0 Å². The van der Waals surface area contributed by atoms with E-state index >= 15 is 0 Å². The SMILES string of the molecule is CCC(C)COC(=O)CCC(=O)c1ccccc1. The summed E-state index contributed by atoms with van der Waals surface area (Å²) in [5, 5.41) is 0. The molecular weight excluding hydrogens is 228 g/mol. The second-order valence-electron chi connectivity index (χ2n) is 4.49. The largest absolute Gasteiger partial charge is 0.465 e. The minimum Gasteiger partial charge on any atom is -0.465 e. The van der Waals surface area contributed by atoms with Gasteiger partial charge in [0.2, 0.25) is 0 Å². The van der Waals surface area contributed by atoms with Crippen molar-refractivity contribution >= 4 is 11.8 Å². The van der Waals surface area contributed by atoms with Gasteiger partial charge in [0.25, 0.3) is 0 Å². The van der Waals surface area contributed by atoms with Crippen molar-refractivity contribution in [2.75, 3.05) is 6.61 Å². The fourth-order valence-electron chi connectivity index (χ4n) is 1.41. The van der Waals surface area contributed by atoms with E-state index < -0.39 is 0 Å². The van der Waals surface area contributed by atoms with Gasteiger partial charge in [0.1, 0.15) is 0 Å². The number of hydrogen-bond donors (Lipinski definition) is 0. The molecule has 0 heterocycles. The van der Waals surface area contributed by atoms with E-state index in [2.05, 4.69) is 6.92 Å². The van der Waals surface area contributed by atoms with Crippen LogP contribution in [0.2, 0.25) is 0 Å². The molecule has 0 aliphatic carbocycles. The van der Waals surface area contributed by atoms with Crippen LogP contribution < -0.4 is 0 Å². The minimum absolute atomic E-state index is 0.0175. The summed E-state index contributed by atoms with van der Waals surface area (Å²) < 4.78 is 5.09. The first-order valence-corrected chi connectivity index (χ1v) is 6.37. The highest BCUT2D eigenvalue weighted by Crippen LogP contribution is 2.07. The molecule has 0 aromatic heterocycles. The van der Waals surface area contributed by atoms with Gasteiger partial charge in [0.05, 0.1) is 13.0 Å². The molecule has 1 unspecified atom stereocenters. The van der Waals surface area contributed by atoms with E-state index in [1.807, 2.05) is 25.1 Å². The average Bonchev–Trinajstić information content (AvgIpc) is 2.42. The number of carbonyl (C=O) groups is 2. The van der Waals surface area contributed by atoms with Gasteiger partial charge in [-0.1, -0.05) is 50.6 Å². The van der Waals surface area contributed by atoms with Crippen LogP contribution in [0.15, 0.2) is 30.3 Å². The number of carbonyl (C=O) groups excluding carboxylic acids is 2. The Hall–Kier alpha value is -1.64. The predicted molar refractivity (Wildman–Crippen MR) is 70.4 cm³/mol. The van der Waals surface area contributed by atoms with Crippen LogP contribution in [-0.2, 0) is 9.53 Å². The minimum atomic E-state index is -0.292. The molecule has 3 heteroatoms. The molecule has 1 atom stereocenters. The second kappa shape index (κ2) is 7.64. The maximum absolute atomic E-state index is 11.7. The smallest absolute Gasteiger partial charge is 0.306 e. The van der Waals surface area contributed by atoms with Gasteiger partial charge in [-0.25, -0.2) is 0 Å². The summed E-state index contributed by atoms with van der Waals surface area (Å²) in [6.07, 6.45) is 1.35. The molecule has 0 aliphatic heterocycles. The standard InChI is InChI=1S/C15H20O3/c1-3-12(2)11-18-15(17)10-9-14(16)13-7-5-4-6-8-13/h4-8,12H,3,9-11H2,1-2H3. The Bertz CT molecular complexity index is 384. The van der Waals surface area contributed by atoms with Crippen molar-refractivity contribution in [2.24, 2.45) is 5.92 Å². The Balaban J connectivity index is 2.28. The zero-order valence-corrected chi connectivity index (χ0v) is 11.0. The third-order valence-electron chi connectivity index (χ3n) is 2.88. The van der Waals surface area contributed by atoms with Crippen molar-refractivity contribution in [3.05, 3.63) is 35.9 Å². The van der Waals surface area contributed by atoms with Crippen LogP contribution in [0.5, 0.6) is 0 Å². The monoisotopic (exact) mass is 248 g/mol. The maximum atomic E-state index is 11.7. The molecule has 1 rings (SSSR count). The molecule has 0 bridgehead atoms. The van der Waals surface area contributed by atoms with Crippen molar-refractivity contribution < 1.29 is 14.3 Å². The van der Waals surface area contributed by atoms with Crippen LogP contribution in [0.1, 0.15) is 43.5 Å². The van der Waals surface area contributed by atoms with E-state index in [0.29, 0.717) is 18.1 Å². The van der Waals surface area contributed by atoms with Gasteiger partial charge >= 0.3 is 5.97 Å². The van der Waals surface area contributed by atoms with Crippen LogP contribution in [0.25, 0.3) is 0 Å². The summed E-state index contributed by atoms with van der Waals surface area (Å²) in [7, 11) is 0. The van der Waals surface area contributed by atoms with E-state index in [-0.39, 0.29) is 24.6 Å². The van der Waals surface area contributed by atoms with Gasteiger partial charge in [0.15, 0.2) is 5.78 Å². The lowest BCUT2D eigenvalue weighted by Crippen LogP contribution is -2.12. The van der Waals surface area contributed by atoms with Crippen LogP contribution in [0, 0.1) is 5.92 Å². The Morgan fingerprint density at radius 1 is 1.17 bits per heavy atom. The quantitative estimate of drug-likeness (QED) is 0.549. The highest BCUT2D eigenvalue weighted by atomic mass is 16.5. The third-order valence-corrected chi connectivity index (χ3v) is 2.88. The van der Waals surface area contributed by atoms with Crippen molar-refractivity contribution in [3.8, 4) is 0 Å². The first-order chi connectivity index (χ1) is 8.63. The predicted octanol–water partition coefficient (Wildman–Crippen LogP) is 3.24. The Morgan fingerprint density at radius 2 is 1.83 bits per heavy atom. The molecule has 0 saturated carbocycles. The van der Waals surface area contributed by atoms with Gasteiger partial charge in [-0.3, -0.25) is 9.59 Å². The fraction of sp³-hybridized carbons (Fsp3) is 0.467. The number of Topliss-reactive ketones (excluding diaryl/α,β-unsaturated/α-hetero) is 1. The highest BCUT2D eigenvalue weighted by Gasteiger charge is 2.10. The normalized spacial score (nSPS) is 11.9. The second-order valence-corrected chi connectivity index (χ2v) is 4.49. The van der Waals surface area contributed by atoms with Gasteiger partial charge in [-0.15, -0.1) is 0 Å². The lowest BCUT2D eigenvalue weighted by atomic mass is 10.1. The average molecular weight is 248 g/mol. The molecule has 1 aromatic carbocycles. The van der Waals surface area contributed by atoms with Gasteiger partial charge < -0.3 is 4.74 Å². The lowest BCUT2D eigenvalue weighted by Gasteiger charge is -2.09. The number of ketones is 1.